The van der Waals surface area contributed by atoms with Crippen molar-refractivity contribution in [3.63, 3.8) is 0 Å². The van der Waals surface area contributed by atoms with Crippen molar-refractivity contribution in [2.75, 3.05) is 6.61 Å². The minimum absolute atomic E-state index is 0.152. The predicted molar refractivity (Wildman–Crippen MR) is 273 cm³/mol. The van der Waals surface area contributed by atoms with Crippen LogP contribution in [0.25, 0.3) is 0 Å². The van der Waals surface area contributed by atoms with Gasteiger partial charge in [-0.1, -0.05) is 263 Å². The Bertz CT molecular complexity index is 920. The first kappa shape index (κ1) is 60.8. The van der Waals surface area contributed by atoms with Crippen molar-refractivity contribution in [3.8, 4) is 0 Å². The minimum atomic E-state index is -1.15. The van der Waals surface area contributed by atoms with Crippen LogP contribution >= 0.6 is 0 Å². The predicted octanol–water partition coefficient (Wildman–Crippen LogP) is 17.3. The Kier molecular flexibility index (Phi) is 51.5. The van der Waals surface area contributed by atoms with Crippen molar-refractivity contribution in [1.29, 1.82) is 0 Å². The molecule has 4 N–H and O–H groups in total. The average Bonchev–Trinajstić information content (AvgIpc) is 3.28. The van der Waals surface area contributed by atoms with Crippen molar-refractivity contribution in [2.45, 2.75) is 327 Å². The lowest BCUT2D eigenvalue weighted by molar-refractivity contribution is -0.124. The molecule has 0 radical (unpaired) electrons. The summed E-state index contributed by atoms with van der Waals surface area (Å²) in [5.41, 5.74) is 0. The van der Waals surface area contributed by atoms with E-state index in [0.29, 0.717) is 12.8 Å². The summed E-state index contributed by atoms with van der Waals surface area (Å²) in [5.74, 6) is -0.152. The third kappa shape index (κ3) is 46.8. The quantitative estimate of drug-likeness (QED) is 0.0362. The van der Waals surface area contributed by atoms with E-state index in [9.17, 15) is 20.1 Å². The van der Waals surface area contributed by atoms with Crippen LogP contribution in [-0.2, 0) is 4.79 Å². The molecule has 3 atom stereocenters. The van der Waals surface area contributed by atoms with Crippen LogP contribution < -0.4 is 5.32 Å². The fourth-order valence-corrected chi connectivity index (χ4v) is 8.93. The highest BCUT2D eigenvalue weighted by atomic mass is 16.3. The Balaban J connectivity index is 3.39. The Hall–Kier alpha value is -1.17. The Morgan fingerprint density at radius 1 is 0.387 bits per heavy atom. The monoisotopic (exact) mass is 874 g/mol. The highest BCUT2D eigenvalue weighted by molar-refractivity contribution is 5.76. The third-order valence-electron chi connectivity index (χ3n) is 13.3. The summed E-state index contributed by atoms with van der Waals surface area (Å²) in [4.78, 5) is 12.4. The lowest BCUT2D eigenvalue weighted by Crippen LogP contribution is -2.50. The van der Waals surface area contributed by atoms with E-state index in [0.717, 1.165) is 38.5 Å². The topological polar surface area (TPSA) is 89.8 Å². The molecule has 3 unspecified atom stereocenters. The number of unbranched alkanes of at least 4 members (excludes halogenated alkanes) is 40. The van der Waals surface area contributed by atoms with Crippen LogP contribution in [0.3, 0.4) is 0 Å². The molecule has 0 aromatic carbocycles. The van der Waals surface area contributed by atoms with Gasteiger partial charge < -0.3 is 20.6 Å². The van der Waals surface area contributed by atoms with Crippen LogP contribution in [0.15, 0.2) is 24.3 Å². The smallest absolute Gasteiger partial charge is 0.220 e. The summed E-state index contributed by atoms with van der Waals surface area (Å²) in [5, 5.41) is 33.4. The van der Waals surface area contributed by atoms with Crippen molar-refractivity contribution in [2.24, 2.45) is 0 Å². The summed E-state index contributed by atoms with van der Waals surface area (Å²) >= 11 is 0. The Morgan fingerprint density at radius 3 is 0.952 bits per heavy atom. The number of aliphatic hydroxyl groups is 3. The number of carbonyl (C=O) groups is 1. The molecule has 0 aliphatic heterocycles. The molecule has 62 heavy (non-hydrogen) atoms. The van der Waals surface area contributed by atoms with Gasteiger partial charge in [0.25, 0.3) is 0 Å². The zero-order valence-corrected chi connectivity index (χ0v) is 42.0. The normalized spacial score (nSPS) is 13.4. The van der Waals surface area contributed by atoms with Gasteiger partial charge in [-0.2, -0.15) is 0 Å². The van der Waals surface area contributed by atoms with Gasteiger partial charge in [0.15, 0.2) is 0 Å². The molecule has 368 valence electrons. The number of allylic oxidation sites excluding steroid dienone is 4. The fraction of sp³-hybridized carbons (Fsp3) is 0.912. The molecule has 0 aliphatic carbocycles. The summed E-state index contributed by atoms with van der Waals surface area (Å²) in [6, 6.07) is -0.822. The van der Waals surface area contributed by atoms with Crippen molar-refractivity contribution >= 4 is 5.91 Å². The summed E-state index contributed by atoms with van der Waals surface area (Å²) in [7, 11) is 0. The Morgan fingerprint density at radius 2 is 0.645 bits per heavy atom. The second-order valence-electron chi connectivity index (χ2n) is 19.5. The van der Waals surface area contributed by atoms with Gasteiger partial charge in [0.2, 0.25) is 5.91 Å². The van der Waals surface area contributed by atoms with Gasteiger partial charge in [-0.25, -0.2) is 0 Å². The van der Waals surface area contributed by atoms with Gasteiger partial charge in [-0.15, -0.1) is 0 Å². The van der Waals surface area contributed by atoms with Crippen molar-refractivity contribution < 1.29 is 20.1 Å². The molecule has 0 saturated carbocycles. The van der Waals surface area contributed by atoms with Gasteiger partial charge in [0.1, 0.15) is 6.10 Å². The molecule has 0 fully saturated rings. The van der Waals surface area contributed by atoms with E-state index in [4.69, 9.17) is 0 Å². The van der Waals surface area contributed by atoms with Crippen LogP contribution in [0.4, 0.5) is 0 Å². The SMILES string of the molecule is CCCCCC/C=C/CCCC(O)C(O)C(CO)NC(=O)CCCCCCCCCCCCCCCCCCC/C=C\CCCCCCCCCCCCCCCCCCCC. The van der Waals surface area contributed by atoms with Crippen molar-refractivity contribution in [3.05, 3.63) is 24.3 Å². The van der Waals surface area contributed by atoms with E-state index >= 15 is 0 Å². The standard InChI is InChI=1S/C57H111NO4/c1-3-5-7-9-11-13-14-15-16-17-18-19-20-21-22-23-24-25-26-27-28-29-30-31-32-33-34-35-36-37-38-39-40-41-42-44-46-48-50-52-56(61)58-54(53-59)57(62)55(60)51-49-47-45-43-12-10-8-6-4-2/h27-28,43,45,54-55,57,59-60,62H,3-26,29-42,44,46-53H2,1-2H3,(H,58,61)/b28-27-,45-43+. The highest BCUT2D eigenvalue weighted by Gasteiger charge is 2.26. The highest BCUT2D eigenvalue weighted by Crippen LogP contribution is 2.17. The van der Waals surface area contributed by atoms with Gasteiger partial charge in [-0.3, -0.25) is 4.79 Å². The van der Waals surface area contributed by atoms with Crippen LogP contribution in [0.5, 0.6) is 0 Å². The molecule has 5 heteroatoms. The molecule has 0 heterocycles. The van der Waals surface area contributed by atoms with E-state index in [-0.39, 0.29) is 12.5 Å². The van der Waals surface area contributed by atoms with Gasteiger partial charge in [0.05, 0.1) is 18.8 Å². The molecule has 0 aromatic rings. The summed E-state index contributed by atoms with van der Waals surface area (Å²) in [6.07, 6.45) is 66.7. The fourth-order valence-electron chi connectivity index (χ4n) is 8.93. The third-order valence-corrected chi connectivity index (χ3v) is 13.3. The maximum atomic E-state index is 12.4. The summed E-state index contributed by atoms with van der Waals surface area (Å²) in [6.45, 7) is 4.15. The van der Waals surface area contributed by atoms with Gasteiger partial charge >= 0.3 is 0 Å². The second-order valence-corrected chi connectivity index (χ2v) is 19.5. The Labute approximate surface area is 388 Å². The number of carbonyl (C=O) groups excluding carboxylic acids is 1. The van der Waals surface area contributed by atoms with E-state index in [2.05, 4.69) is 43.5 Å². The molecule has 0 aliphatic rings. The number of aliphatic hydroxyl groups excluding tert-OH is 3. The molecule has 1 amide bonds. The minimum Gasteiger partial charge on any atom is -0.394 e. The number of nitrogens with one attached hydrogen (secondary N) is 1. The molecule has 0 bridgehead atoms. The molecular weight excluding hydrogens is 763 g/mol. The first-order chi connectivity index (χ1) is 30.6. The zero-order valence-electron chi connectivity index (χ0n) is 42.0. The largest absolute Gasteiger partial charge is 0.394 e. The van der Waals surface area contributed by atoms with Crippen LogP contribution in [0.2, 0.25) is 0 Å². The number of hydrogen-bond donors (Lipinski definition) is 4. The molecule has 0 spiro atoms. The molecule has 0 aromatic heterocycles. The number of hydrogen-bond acceptors (Lipinski definition) is 4. The van der Waals surface area contributed by atoms with E-state index in [1.54, 1.807) is 0 Å². The second kappa shape index (κ2) is 52.5. The molecular formula is C57H111NO4. The first-order valence-corrected chi connectivity index (χ1v) is 28.1. The van der Waals surface area contributed by atoms with Crippen LogP contribution in [-0.4, -0.2) is 46.1 Å². The lowest BCUT2D eigenvalue weighted by Gasteiger charge is -2.26. The summed E-state index contributed by atoms with van der Waals surface area (Å²) < 4.78 is 0. The lowest BCUT2D eigenvalue weighted by atomic mass is 10.0. The van der Waals surface area contributed by atoms with Crippen molar-refractivity contribution in [1.82, 2.24) is 5.32 Å². The van der Waals surface area contributed by atoms with Gasteiger partial charge in [-0.05, 0) is 64.2 Å². The maximum Gasteiger partial charge on any atom is 0.220 e. The van der Waals surface area contributed by atoms with Gasteiger partial charge in [0, 0.05) is 6.42 Å². The molecule has 0 rings (SSSR count). The zero-order chi connectivity index (χ0) is 45.1. The first-order valence-electron chi connectivity index (χ1n) is 28.1. The van der Waals surface area contributed by atoms with Crippen LogP contribution in [0.1, 0.15) is 309 Å². The average molecular weight is 875 g/mol. The maximum absolute atomic E-state index is 12.4. The number of rotatable bonds is 52. The van der Waals surface area contributed by atoms with E-state index in [1.807, 2.05) is 0 Å². The van der Waals surface area contributed by atoms with Crippen LogP contribution in [0, 0.1) is 0 Å². The molecule has 0 saturated heterocycles. The van der Waals surface area contributed by atoms with E-state index in [1.165, 1.54) is 244 Å². The number of amides is 1. The molecule has 5 nitrogen and oxygen atoms in total. The van der Waals surface area contributed by atoms with E-state index < -0.39 is 18.2 Å².